The van der Waals surface area contributed by atoms with Crippen molar-refractivity contribution in [3.8, 4) is 0 Å². The Morgan fingerprint density at radius 3 is 2.56 bits per heavy atom. The molecule has 0 aliphatic carbocycles. The van der Waals surface area contributed by atoms with E-state index in [-0.39, 0.29) is 11.9 Å². The number of hydrogen-bond acceptors (Lipinski definition) is 2. The number of benzene rings is 1. The molecule has 0 bridgehead atoms. The fourth-order valence-electron chi connectivity index (χ4n) is 1.73. The molecule has 2 aromatic rings. The summed E-state index contributed by atoms with van der Waals surface area (Å²) >= 11 is 5.30. The molecule has 1 heterocycles. The summed E-state index contributed by atoms with van der Waals surface area (Å²) < 4.78 is 14.0. The van der Waals surface area contributed by atoms with Crippen LogP contribution in [0.5, 0.6) is 0 Å². The second kappa shape index (κ2) is 5.95. The van der Waals surface area contributed by atoms with E-state index in [9.17, 15) is 4.39 Å². The first-order valence-electron chi connectivity index (χ1n) is 5.80. The van der Waals surface area contributed by atoms with Crippen molar-refractivity contribution >= 4 is 27.3 Å². The number of thiophene rings is 1. The van der Waals surface area contributed by atoms with E-state index in [1.54, 1.807) is 11.3 Å². The highest BCUT2D eigenvalue weighted by atomic mass is 79.9. The van der Waals surface area contributed by atoms with Crippen LogP contribution < -0.4 is 5.32 Å². The Hall–Kier alpha value is -0.710. The summed E-state index contributed by atoms with van der Waals surface area (Å²) in [6.45, 7) is 5.01. The maximum Gasteiger partial charge on any atom is 0.123 e. The quantitative estimate of drug-likeness (QED) is 0.849. The maximum absolute atomic E-state index is 12.8. The standard InChI is InChI=1S/C14H15BrFNS/c1-9(11-3-5-12(16)6-4-11)17-8-13-7-14(15)10(2)18-13/h3-7,9,17H,8H2,1-2H3. The van der Waals surface area contributed by atoms with Crippen LogP contribution >= 0.6 is 27.3 Å². The molecule has 0 radical (unpaired) electrons. The molecule has 18 heavy (non-hydrogen) atoms. The average molecular weight is 328 g/mol. The largest absolute Gasteiger partial charge is 0.305 e. The molecule has 0 fully saturated rings. The van der Waals surface area contributed by atoms with Gasteiger partial charge in [-0.15, -0.1) is 11.3 Å². The highest BCUT2D eigenvalue weighted by molar-refractivity contribution is 9.10. The van der Waals surface area contributed by atoms with Gasteiger partial charge in [0.05, 0.1) is 0 Å². The number of nitrogens with one attached hydrogen (secondary N) is 1. The first-order valence-corrected chi connectivity index (χ1v) is 7.41. The van der Waals surface area contributed by atoms with Crippen molar-refractivity contribution in [2.45, 2.75) is 26.4 Å². The molecule has 0 aliphatic heterocycles. The van der Waals surface area contributed by atoms with E-state index in [0.717, 1.165) is 12.1 Å². The predicted octanol–water partition coefficient (Wildman–Crippen LogP) is 4.81. The molecule has 2 rings (SSSR count). The number of hydrogen-bond donors (Lipinski definition) is 1. The number of halogens is 2. The summed E-state index contributed by atoms with van der Waals surface area (Å²) in [7, 11) is 0. The van der Waals surface area contributed by atoms with Crippen molar-refractivity contribution in [3.63, 3.8) is 0 Å². The Bertz CT molecular complexity index is 502. The van der Waals surface area contributed by atoms with Gasteiger partial charge in [-0.25, -0.2) is 4.39 Å². The Balaban J connectivity index is 1.95. The van der Waals surface area contributed by atoms with Crippen LogP contribution in [0.2, 0.25) is 0 Å². The normalized spacial score (nSPS) is 12.7. The van der Waals surface area contributed by atoms with Gasteiger partial charge in [-0.2, -0.15) is 0 Å². The van der Waals surface area contributed by atoms with E-state index in [0.29, 0.717) is 0 Å². The molecular weight excluding hydrogens is 313 g/mol. The van der Waals surface area contributed by atoms with Crippen molar-refractivity contribution < 1.29 is 4.39 Å². The number of aryl methyl sites for hydroxylation is 1. The fraction of sp³-hybridized carbons (Fsp3) is 0.286. The first-order chi connectivity index (χ1) is 8.56. The average Bonchev–Trinajstić information content (AvgIpc) is 2.67. The number of rotatable bonds is 4. The summed E-state index contributed by atoms with van der Waals surface area (Å²) in [4.78, 5) is 2.59. The van der Waals surface area contributed by atoms with Crippen LogP contribution in [-0.2, 0) is 6.54 Å². The molecule has 0 spiro atoms. The summed E-state index contributed by atoms with van der Waals surface area (Å²) in [5.74, 6) is -0.191. The molecule has 1 aromatic carbocycles. The second-order valence-electron chi connectivity index (χ2n) is 4.27. The third kappa shape index (κ3) is 3.40. The van der Waals surface area contributed by atoms with Crippen molar-refractivity contribution in [2.24, 2.45) is 0 Å². The summed E-state index contributed by atoms with van der Waals surface area (Å²) in [6.07, 6.45) is 0. The van der Waals surface area contributed by atoms with E-state index >= 15 is 0 Å². The lowest BCUT2D eigenvalue weighted by Crippen LogP contribution is -2.17. The van der Waals surface area contributed by atoms with Gasteiger partial charge in [0, 0.05) is 26.8 Å². The molecular formula is C14H15BrFNS. The SMILES string of the molecule is Cc1sc(CNC(C)c2ccc(F)cc2)cc1Br. The minimum Gasteiger partial charge on any atom is -0.305 e. The lowest BCUT2D eigenvalue weighted by Gasteiger charge is -2.13. The van der Waals surface area contributed by atoms with Gasteiger partial charge in [0.25, 0.3) is 0 Å². The molecule has 1 nitrogen and oxygen atoms in total. The lowest BCUT2D eigenvalue weighted by atomic mass is 10.1. The Morgan fingerprint density at radius 2 is 2.00 bits per heavy atom. The predicted molar refractivity (Wildman–Crippen MR) is 78.4 cm³/mol. The monoisotopic (exact) mass is 327 g/mol. The molecule has 0 saturated heterocycles. The van der Waals surface area contributed by atoms with Crippen molar-refractivity contribution in [3.05, 3.63) is 55.9 Å². The molecule has 1 unspecified atom stereocenters. The van der Waals surface area contributed by atoms with Crippen LogP contribution in [0, 0.1) is 12.7 Å². The van der Waals surface area contributed by atoms with Gasteiger partial charge < -0.3 is 5.32 Å². The van der Waals surface area contributed by atoms with E-state index in [1.165, 1.54) is 26.4 Å². The van der Waals surface area contributed by atoms with Crippen molar-refractivity contribution in [1.82, 2.24) is 5.32 Å². The Kier molecular flexibility index (Phi) is 4.54. The lowest BCUT2D eigenvalue weighted by molar-refractivity contribution is 0.575. The van der Waals surface area contributed by atoms with Gasteiger partial charge in [0.1, 0.15) is 5.82 Å². The zero-order chi connectivity index (χ0) is 13.1. The smallest absolute Gasteiger partial charge is 0.123 e. The van der Waals surface area contributed by atoms with Crippen LogP contribution in [0.1, 0.15) is 28.3 Å². The topological polar surface area (TPSA) is 12.0 Å². The zero-order valence-corrected chi connectivity index (χ0v) is 12.7. The molecule has 4 heteroatoms. The molecule has 96 valence electrons. The van der Waals surface area contributed by atoms with Gasteiger partial charge in [-0.1, -0.05) is 12.1 Å². The van der Waals surface area contributed by atoms with E-state index in [4.69, 9.17) is 0 Å². The molecule has 1 atom stereocenters. The Morgan fingerprint density at radius 1 is 1.33 bits per heavy atom. The van der Waals surface area contributed by atoms with Crippen LogP contribution in [0.4, 0.5) is 4.39 Å². The third-order valence-electron chi connectivity index (χ3n) is 2.86. The molecule has 1 N–H and O–H groups in total. The van der Waals surface area contributed by atoms with E-state index in [1.807, 2.05) is 12.1 Å². The van der Waals surface area contributed by atoms with Crippen LogP contribution in [0.15, 0.2) is 34.8 Å². The van der Waals surface area contributed by atoms with E-state index < -0.39 is 0 Å². The third-order valence-corrected chi connectivity index (χ3v) is 5.00. The van der Waals surface area contributed by atoms with Crippen LogP contribution in [0.3, 0.4) is 0 Å². The van der Waals surface area contributed by atoms with Crippen molar-refractivity contribution in [2.75, 3.05) is 0 Å². The minimum absolute atomic E-state index is 0.191. The minimum atomic E-state index is -0.191. The maximum atomic E-state index is 12.8. The van der Waals surface area contributed by atoms with Crippen LogP contribution in [0.25, 0.3) is 0 Å². The first kappa shape index (κ1) is 13.7. The summed E-state index contributed by atoms with van der Waals surface area (Å²) in [5.41, 5.74) is 1.10. The van der Waals surface area contributed by atoms with Gasteiger partial charge in [0.15, 0.2) is 0 Å². The fourth-order valence-corrected chi connectivity index (χ4v) is 3.28. The van der Waals surface area contributed by atoms with Gasteiger partial charge in [-0.05, 0) is 53.5 Å². The highest BCUT2D eigenvalue weighted by Gasteiger charge is 2.07. The molecule has 0 amide bonds. The van der Waals surface area contributed by atoms with E-state index in [2.05, 4.69) is 41.2 Å². The molecule has 1 aromatic heterocycles. The van der Waals surface area contributed by atoms with Crippen LogP contribution in [-0.4, -0.2) is 0 Å². The van der Waals surface area contributed by atoms with Crippen molar-refractivity contribution in [1.29, 1.82) is 0 Å². The Labute approximate surface area is 119 Å². The zero-order valence-electron chi connectivity index (χ0n) is 10.3. The molecule has 0 saturated carbocycles. The van der Waals surface area contributed by atoms with Gasteiger partial charge in [0.2, 0.25) is 0 Å². The van der Waals surface area contributed by atoms with Gasteiger partial charge in [-0.3, -0.25) is 0 Å². The van der Waals surface area contributed by atoms with Gasteiger partial charge >= 0.3 is 0 Å². The summed E-state index contributed by atoms with van der Waals surface area (Å²) in [5, 5.41) is 3.44. The second-order valence-corrected chi connectivity index (χ2v) is 6.47. The highest BCUT2D eigenvalue weighted by Crippen LogP contribution is 2.26. The molecule has 0 aliphatic rings. The summed E-state index contributed by atoms with van der Waals surface area (Å²) in [6, 6.07) is 9.00.